The van der Waals surface area contributed by atoms with Crippen molar-refractivity contribution in [2.24, 2.45) is 0 Å². The van der Waals surface area contributed by atoms with Gasteiger partial charge in [-0.25, -0.2) is 4.79 Å². The molecule has 0 aliphatic carbocycles. The van der Waals surface area contributed by atoms with Crippen molar-refractivity contribution in [3.63, 3.8) is 0 Å². The van der Waals surface area contributed by atoms with Gasteiger partial charge in [-0.1, -0.05) is 35.2 Å². The molecule has 1 aromatic rings. The zero-order valence-corrected chi connectivity index (χ0v) is 17.3. The number of carbonyl (C=O) groups excluding carboxylic acids is 3. The van der Waals surface area contributed by atoms with Gasteiger partial charge in [0.1, 0.15) is 0 Å². The maximum Gasteiger partial charge on any atom is 0.322 e. The number of likely N-dealkylation sites (N-methyl/N-ethyl adjacent to an activating group) is 1. The Morgan fingerprint density at radius 3 is 2.79 bits per heavy atom. The molecular formula is C20H20Cl2N4O3. The number of hydrogen-bond donors (Lipinski definition) is 2. The standard InChI is InChI=1S/C20H20Cl2N4O3/c1-3-8-23-16(27)7-9-25-11-15-17(19(25)28)18(24-20(29)26(15)4-2)13-6-5-12(21)10-14(13)22/h1,5-6,10,18H,4,7-9,11H2,2H3,(H,23,27)(H,24,29). The molecule has 2 heterocycles. The maximum absolute atomic E-state index is 13.2. The van der Waals surface area contributed by atoms with Crippen LogP contribution in [0.4, 0.5) is 4.79 Å². The van der Waals surface area contributed by atoms with Crippen LogP contribution in [0.5, 0.6) is 0 Å². The van der Waals surface area contributed by atoms with E-state index in [1.165, 1.54) is 4.90 Å². The Balaban J connectivity index is 1.87. The van der Waals surface area contributed by atoms with E-state index >= 15 is 0 Å². The minimum Gasteiger partial charge on any atom is -0.345 e. The lowest BCUT2D eigenvalue weighted by atomic mass is 9.95. The molecule has 2 aliphatic heterocycles. The second kappa shape index (κ2) is 8.76. The summed E-state index contributed by atoms with van der Waals surface area (Å²) in [4.78, 5) is 40.7. The molecule has 9 heteroatoms. The fourth-order valence-corrected chi connectivity index (χ4v) is 4.02. The van der Waals surface area contributed by atoms with E-state index in [1.54, 1.807) is 23.1 Å². The van der Waals surface area contributed by atoms with Crippen molar-refractivity contribution in [1.29, 1.82) is 0 Å². The van der Waals surface area contributed by atoms with Crippen molar-refractivity contribution in [1.82, 2.24) is 20.4 Å². The van der Waals surface area contributed by atoms with Crippen molar-refractivity contribution in [3.05, 3.63) is 45.1 Å². The van der Waals surface area contributed by atoms with Crippen molar-refractivity contribution in [2.75, 3.05) is 26.2 Å². The van der Waals surface area contributed by atoms with Gasteiger partial charge in [0, 0.05) is 29.6 Å². The van der Waals surface area contributed by atoms with Gasteiger partial charge < -0.3 is 15.5 Å². The van der Waals surface area contributed by atoms with Gasteiger partial charge in [0.05, 0.1) is 30.4 Å². The molecule has 152 valence electrons. The number of amides is 4. The highest BCUT2D eigenvalue weighted by atomic mass is 35.5. The number of halogens is 2. The van der Waals surface area contributed by atoms with Crippen LogP contribution in [0.25, 0.3) is 0 Å². The summed E-state index contributed by atoms with van der Waals surface area (Å²) in [5.74, 6) is 1.86. The molecule has 0 saturated carbocycles. The number of benzene rings is 1. The average molecular weight is 435 g/mol. The SMILES string of the molecule is C#CCNC(=O)CCN1CC2=C(C1=O)C(c1ccc(Cl)cc1Cl)NC(=O)N2CC. The van der Waals surface area contributed by atoms with E-state index in [9.17, 15) is 14.4 Å². The Kier molecular flexibility index (Phi) is 6.36. The van der Waals surface area contributed by atoms with E-state index in [4.69, 9.17) is 29.6 Å². The first-order valence-electron chi connectivity index (χ1n) is 9.12. The molecule has 4 amide bonds. The third kappa shape index (κ3) is 4.19. The van der Waals surface area contributed by atoms with E-state index in [1.807, 2.05) is 6.92 Å². The predicted octanol–water partition coefficient (Wildman–Crippen LogP) is 2.32. The number of rotatable bonds is 6. The smallest absolute Gasteiger partial charge is 0.322 e. The van der Waals surface area contributed by atoms with Gasteiger partial charge in [0.15, 0.2) is 0 Å². The van der Waals surface area contributed by atoms with Crippen molar-refractivity contribution < 1.29 is 14.4 Å². The Bertz CT molecular complexity index is 938. The summed E-state index contributed by atoms with van der Waals surface area (Å²) in [7, 11) is 0. The number of nitrogens with zero attached hydrogens (tertiary/aromatic N) is 2. The molecule has 0 radical (unpaired) electrons. The van der Waals surface area contributed by atoms with Crippen molar-refractivity contribution in [3.8, 4) is 12.3 Å². The monoisotopic (exact) mass is 434 g/mol. The summed E-state index contributed by atoms with van der Waals surface area (Å²) in [6, 6.07) is 3.95. The highest BCUT2D eigenvalue weighted by molar-refractivity contribution is 6.35. The van der Waals surface area contributed by atoms with Crippen LogP contribution in [-0.4, -0.2) is 53.8 Å². The number of nitrogens with one attached hydrogen (secondary N) is 2. The molecule has 1 aromatic carbocycles. The number of carbonyl (C=O) groups is 3. The van der Waals surface area contributed by atoms with Gasteiger partial charge in [-0.2, -0.15) is 0 Å². The fraction of sp³-hybridized carbons (Fsp3) is 0.350. The summed E-state index contributed by atoms with van der Waals surface area (Å²) in [6.07, 6.45) is 5.25. The second-order valence-corrected chi connectivity index (χ2v) is 7.45. The second-order valence-electron chi connectivity index (χ2n) is 6.61. The number of terminal acetylenes is 1. The first-order chi connectivity index (χ1) is 13.9. The predicted molar refractivity (Wildman–Crippen MR) is 110 cm³/mol. The molecule has 0 fully saturated rings. The van der Waals surface area contributed by atoms with Gasteiger partial charge in [0.25, 0.3) is 5.91 Å². The average Bonchev–Trinajstić information content (AvgIpc) is 3.00. The molecular weight excluding hydrogens is 415 g/mol. The third-order valence-corrected chi connectivity index (χ3v) is 5.45. The molecule has 2 N–H and O–H groups in total. The fourth-order valence-electron chi connectivity index (χ4n) is 3.51. The summed E-state index contributed by atoms with van der Waals surface area (Å²) < 4.78 is 0. The first-order valence-corrected chi connectivity index (χ1v) is 9.88. The molecule has 1 unspecified atom stereocenters. The van der Waals surface area contributed by atoms with E-state index in [0.29, 0.717) is 33.4 Å². The summed E-state index contributed by atoms with van der Waals surface area (Å²) in [5, 5.41) is 6.26. The largest absolute Gasteiger partial charge is 0.345 e. The molecule has 0 spiro atoms. The Hall–Kier alpha value is -2.69. The molecule has 29 heavy (non-hydrogen) atoms. The van der Waals surface area contributed by atoms with E-state index < -0.39 is 6.04 Å². The zero-order chi connectivity index (χ0) is 21.1. The van der Waals surface area contributed by atoms with Gasteiger partial charge in [0.2, 0.25) is 5.91 Å². The van der Waals surface area contributed by atoms with Gasteiger partial charge >= 0.3 is 6.03 Å². The Morgan fingerprint density at radius 1 is 1.38 bits per heavy atom. The van der Waals surface area contributed by atoms with E-state index in [-0.39, 0.29) is 43.9 Å². The van der Waals surface area contributed by atoms with Crippen molar-refractivity contribution >= 4 is 41.0 Å². The maximum atomic E-state index is 13.2. The lowest BCUT2D eigenvalue weighted by Gasteiger charge is -2.33. The van der Waals surface area contributed by atoms with Crippen molar-refractivity contribution in [2.45, 2.75) is 19.4 Å². The highest BCUT2D eigenvalue weighted by Crippen LogP contribution is 2.39. The van der Waals surface area contributed by atoms with Gasteiger partial charge in [-0.15, -0.1) is 6.42 Å². The molecule has 0 bridgehead atoms. The lowest BCUT2D eigenvalue weighted by molar-refractivity contribution is -0.126. The zero-order valence-electron chi connectivity index (χ0n) is 15.8. The lowest BCUT2D eigenvalue weighted by Crippen LogP contribution is -2.47. The molecule has 2 aliphatic rings. The van der Waals surface area contributed by atoms with E-state index in [2.05, 4.69) is 16.6 Å². The number of hydrogen-bond acceptors (Lipinski definition) is 3. The Morgan fingerprint density at radius 2 is 2.14 bits per heavy atom. The van der Waals surface area contributed by atoms with Crippen LogP contribution < -0.4 is 10.6 Å². The normalized spacial score (nSPS) is 18.5. The van der Waals surface area contributed by atoms with Crippen LogP contribution in [0, 0.1) is 12.3 Å². The summed E-state index contributed by atoms with van der Waals surface area (Å²) in [6.45, 7) is 2.85. The number of urea groups is 1. The minimum atomic E-state index is -0.683. The van der Waals surface area contributed by atoms with Crippen LogP contribution in [-0.2, 0) is 9.59 Å². The van der Waals surface area contributed by atoms with Gasteiger partial charge in [-0.05, 0) is 24.6 Å². The summed E-state index contributed by atoms with van der Waals surface area (Å²) in [5.41, 5.74) is 1.68. The van der Waals surface area contributed by atoms with Crippen LogP contribution >= 0.6 is 23.2 Å². The van der Waals surface area contributed by atoms with Gasteiger partial charge in [-0.3, -0.25) is 14.5 Å². The Labute approximate surface area is 179 Å². The van der Waals surface area contributed by atoms with Crippen LogP contribution in [0.3, 0.4) is 0 Å². The molecule has 0 aromatic heterocycles. The topological polar surface area (TPSA) is 81.8 Å². The van der Waals surface area contributed by atoms with Crippen LogP contribution in [0.2, 0.25) is 10.0 Å². The van der Waals surface area contributed by atoms with Crippen LogP contribution in [0.15, 0.2) is 29.5 Å². The van der Waals surface area contributed by atoms with E-state index in [0.717, 1.165) is 0 Å². The molecule has 7 nitrogen and oxygen atoms in total. The first kappa shape index (κ1) is 21.0. The third-order valence-electron chi connectivity index (χ3n) is 4.88. The minimum absolute atomic E-state index is 0.119. The van der Waals surface area contributed by atoms with Crippen LogP contribution in [0.1, 0.15) is 24.9 Å². The summed E-state index contributed by atoms with van der Waals surface area (Å²) >= 11 is 12.3. The quantitative estimate of drug-likeness (QED) is 0.673. The highest BCUT2D eigenvalue weighted by Gasteiger charge is 2.44. The molecule has 0 saturated heterocycles. The molecule has 3 rings (SSSR count). The molecule has 1 atom stereocenters.